The molecule has 0 atom stereocenters. The van der Waals surface area contributed by atoms with Crippen LogP contribution in [-0.2, 0) is 10.5 Å². The third-order valence-electron chi connectivity index (χ3n) is 3.45. The summed E-state index contributed by atoms with van der Waals surface area (Å²) in [4.78, 5) is 24.5. The van der Waals surface area contributed by atoms with Crippen molar-refractivity contribution in [3.63, 3.8) is 0 Å². The summed E-state index contributed by atoms with van der Waals surface area (Å²) in [6.45, 7) is 3.74. The van der Waals surface area contributed by atoms with Crippen molar-refractivity contribution in [3.05, 3.63) is 47.5 Å². The number of rotatable bonds is 7. The molecule has 0 fully saturated rings. The summed E-state index contributed by atoms with van der Waals surface area (Å²) in [5.74, 6) is 2.47. The monoisotopic (exact) mass is 385 g/mol. The summed E-state index contributed by atoms with van der Waals surface area (Å²) < 4.78 is 4.90. The van der Waals surface area contributed by atoms with E-state index in [0.29, 0.717) is 29.1 Å². The molecule has 140 valence electrons. The summed E-state index contributed by atoms with van der Waals surface area (Å²) in [6, 6.07) is 9.44. The van der Waals surface area contributed by atoms with E-state index >= 15 is 0 Å². The van der Waals surface area contributed by atoms with E-state index in [4.69, 9.17) is 10.3 Å². The predicted octanol–water partition coefficient (Wildman–Crippen LogP) is 2.67. The standard InChI is InChI=1S/C17H19N7O2S/c1-10-5-3-4-6-12(10)19-17-22-14(21-16(18)23-17)8-27-9-15(25)20-13-7-11(2)26-24-13/h3-7H,8-9H2,1-2H3,(H,20,24,25)(H3,18,19,21,22,23). The van der Waals surface area contributed by atoms with Gasteiger partial charge in [0.25, 0.3) is 0 Å². The summed E-state index contributed by atoms with van der Waals surface area (Å²) in [6.07, 6.45) is 0. The Morgan fingerprint density at radius 3 is 2.78 bits per heavy atom. The van der Waals surface area contributed by atoms with E-state index in [0.717, 1.165) is 11.3 Å². The maximum atomic E-state index is 11.9. The molecule has 2 heterocycles. The minimum absolute atomic E-state index is 0.124. The van der Waals surface area contributed by atoms with E-state index in [2.05, 4.69) is 30.7 Å². The fourth-order valence-corrected chi connectivity index (χ4v) is 2.90. The highest BCUT2D eigenvalue weighted by Crippen LogP contribution is 2.19. The number of nitrogens with zero attached hydrogens (tertiary/aromatic N) is 4. The molecule has 0 radical (unpaired) electrons. The van der Waals surface area contributed by atoms with Crippen molar-refractivity contribution in [2.24, 2.45) is 0 Å². The van der Waals surface area contributed by atoms with Gasteiger partial charge in [-0.05, 0) is 25.5 Å². The minimum atomic E-state index is -0.186. The highest BCUT2D eigenvalue weighted by molar-refractivity contribution is 7.99. The van der Waals surface area contributed by atoms with Crippen molar-refractivity contribution in [1.82, 2.24) is 20.1 Å². The summed E-state index contributed by atoms with van der Waals surface area (Å²) in [5, 5.41) is 9.51. The molecule has 3 rings (SSSR count). The fourth-order valence-electron chi connectivity index (χ4n) is 2.23. The third-order valence-corrected chi connectivity index (χ3v) is 4.38. The van der Waals surface area contributed by atoms with Crippen LogP contribution in [0.1, 0.15) is 17.1 Å². The number of benzene rings is 1. The average molecular weight is 385 g/mol. The van der Waals surface area contributed by atoms with Crippen LogP contribution in [-0.4, -0.2) is 31.8 Å². The number of hydrogen-bond donors (Lipinski definition) is 3. The van der Waals surface area contributed by atoms with Crippen molar-refractivity contribution < 1.29 is 9.32 Å². The van der Waals surface area contributed by atoms with Crippen LogP contribution in [0.15, 0.2) is 34.9 Å². The number of nitrogens with two attached hydrogens (primary N) is 1. The van der Waals surface area contributed by atoms with E-state index in [1.807, 2.05) is 31.2 Å². The average Bonchev–Trinajstić information content (AvgIpc) is 3.01. The first kappa shape index (κ1) is 18.6. The van der Waals surface area contributed by atoms with Crippen molar-refractivity contribution in [3.8, 4) is 0 Å². The van der Waals surface area contributed by atoms with Gasteiger partial charge in [0.1, 0.15) is 11.6 Å². The minimum Gasteiger partial charge on any atom is -0.368 e. The van der Waals surface area contributed by atoms with Gasteiger partial charge in [0.15, 0.2) is 5.82 Å². The number of amides is 1. The normalized spacial score (nSPS) is 10.6. The summed E-state index contributed by atoms with van der Waals surface area (Å²) in [5.41, 5.74) is 7.73. The van der Waals surface area contributed by atoms with Crippen LogP contribution in [0.25, 0.3) is 0 Å². The number of anilines is 4. The highest BCUT2D eigenvalue weighted by atomic mass is 32.2. The highest BCUT2D eigenvalue weighted by Gasteiger charge is 2.09. The van der Waals surface area contributed by atoms with Crippen molar-refractivity contribution in [2.45, 2.75) is 19.6 Å². The molecule has 2 aromatic heterocycles. The maximum Gasteiger partial charge on any atom is 0.235 e. The summed E-state index contributed by atoms with van der Waals surface area (Å²) >= 11 is 1.36. The number of nitrogens with one attached hydrogen (secondary N) is 2. The van der Waals surface area contributed by atoms with Gasteiger partial charge in [-0.3, -0.25) is 4.79 Å². The first-order valence-corrected chi connectivity index (χ1v) is 9.29. The molecular weight excluding hydrogens is 366 g/mol. The van der Waals surface area contributed by atoms with Gasteiger partial charge in [-0.15, -0.1) is 11.8 Å². The third kappa shape index (κ3) is 5.42. The van der Waals surface area contributed by atoms with Gasteiger partial charge >= 0.3 is 0 Å². The van der Waals surface area contributed by atoms with E-state index in [9.17, 15) is 4.79 Å². The lowest BCUT2D eigenvalue weighted by molar-refractivity contribution is -0.113. The Kier molecular flexibility index (Phi) is 5.87. The van der Waals surface area contributed by atoms with Crippen LogP contribution in [0.3, 0.4) is 0 Å². The molecule has 0 saturated carbocycles. The number of nitrogen functional groups attached to an aromatic ring is 1. The second-order valence-corrected chi connectivity index (χ2v) is 6.72. The molecule has 10 heteroatoms. The van der Waals surface area contributed by atoms with Crippen molar-refractivity contribution in [2.75, 3.05) is 22.1 Å². The zero-order chi connectivity index (χ0) is 19.2. The van der Waals surface area contributed by atoms with E-state index < -0.39 is 0 Å². The molecule has 1 aromatic carbocycles. The molecule has 0 aliphatic heterocycles. The second-order valence-electron chi connectivity index (χ2n) is 5.74. The number of aromatic nitrogens is 4. The number of hydrogen-bond acceptors (Lipinski definition) is 9. The molecule has 1 amide bonds. The van der Waals surface area contributed by atoms with Gasteiger partial charge in [0.05, 0.1) is 11.5 Å². The van der Waals surface area contributed by atoms with Crippen LogP contribution in [0.5, 0.6) is 0 Å². The van der Waals surface area contributed by atoms with Gasteiger partial charge in [0.2, 0.25) is 17.8 Å². The smallest absolute Gasteiger partial charge is 0.235 e. The van der Waals surface area contributed by atoms with E-state index in [-0.39, 0.29) is 17.6 Å². The van der Waals surface area contributed by atoms with Crippen LogP contribution < -0.4 is 16.4 Å². The SMILES string of the molecule is Cc1cc(NC(=O)CSCc2nc(N)nc(Nc3ccccc3C)n2)no1. The van der Waals surface area contributed by atoms with Crippen molar-refractivity contribution in [1.29, 1.82) is 0 Å². The molecule has 4 N–H and O–H groups in total. The summed E-state index contributed by atoms with van der Waals surface area (Å²) in [7, 11) is 0. The van der Waals surface area contributed by atoms with Crippen LogP contribution in [0, 0.1) is 13.8 Å². The van der Waals surface area contributed by atoms with Crippen molar-refractivity contribution >= 4 is 41.1 Å². The lowest BCUT2D eigenvalue weighted by atomic mass is 10.2. The zero-order valence-electron chi connectivity index (χ0n) is 14.9. The first-order chi connectivity index (χ1) is 13.0. The number of aryl methyl sites for hydroxylation is 2. The van der Waals surface area contributed by atoms with Gasteiger partial charge in [-0.1, -0.05) is 23.4 Å². The topological polar surface area (TPSA) is 132 Å². The first-order valence-electron chi connectivity index (χ1n) is 8.13. The predicted molar refractivity (Wildman–Crippen MR) is 105 cm³/mol. The maximum absolute atomic E-state index is 11.9. The Hall–Kier alpha value is -3.14. The number of thioether (sulfide) groups is 1. The molecule has 0 aliphatic carbocycles. The molecule has 0 unspecified atom stereocenters. The van der Waals surface area contributed by atoms with Crippen LogP contribution in [0.2, 0.25) is 0 Å². The molecule has 0 spiro atoms. The quantitative estimate of drug-likeness (QED) is 0.561. The zero-order valence-corrected chi connectivity index (χ0v) is 15.7. The lowest BCUT2D eigenvalue weighted by Crippen LogP contribution is -2.14. The number of carbonyl (C=O) groups excluding carboxylic acids is 1. The number of carbonyl (C=O) groups is 1. The Labute approximate surface area is 160 Å². The van der Waals surface area contributed by atoms with Gasteiger partial charge in [-0.25, -0.2) is 0 Å². The molecule has 0 bridgehead atoms. The molecular formula is C17H19N7O2S. The molecule has 27 heavy (non-hydrogen) atoms. The van der Waals surface area contributed by atoms with Gasteiger partial charge in [-0.2, -0.15) is 15.0 Å². The lowest BCUT2D eigenvalue weighted by Gasteiger charge is -2.09. The Morgan fingerprint density at radius 2 is 2.04 bits per heavy atom. The fraction of sp³-hybridized carbons (Fsp3) is 0.235. The van der Waals surface area contributed by atoms with Gasteiger partial charge < -0.3 is 20.9 Å². The van der Waals surface area contributed by atoms with Crippen LogP contribution in [0.4, 0.5) is 23.4 Å². The van der Waals surface area contributed by atoms with Gasteiger partial charge in [0, 0.05) is 11.8 Å². The number of para-hydroxylation sites is 1. The largest absolute Gasteiger partial charge is 0.368 e. The van der Waals surface area contributed by atoms with E-state index in [1.54, 1.807) is 13.0 Å². The molecule has 9 nitrogen and oxygen atoms in total. The Morgan fingerprint density at radius 1 is 1.22 bits per heavy atom. The van der Waals surface area contributed by atoms with E-state index in [1.165, 1.54) is 11.8 Å². The molecule has 3 aromatic rings. The molecule has 0 saturated heterocycles. The molecule has 0 aliphatic rings. The second kappa shape index (κ2) is 8.49. The Balaban J connectivity index is 1.56. The van der Waals surface area contributed by atoms with Crippen LogP contribution >= 0.6 is 11.8 Å². The Bertz CT molecular complexity index is 945.